The second kappa shape index (κ2) is 5.48. The van der Waals surface area contributed by atoms with Gasteiger partial charge in [0.25, 0.3) is 0 Å². The van der Waals surface area contributed by atoms with Crippen LogP contribution >= 0.6 is 0 Å². The number of nitrogens with one attached hydrogen (secondary N) is 1. The molecule has 94 valence electrons. The first-order chi connectivity index (χ1) is 7.72. The van der Waals surface area contributed by atoms with E-state index in [4.69, 9.17) is 4.74 Å². The largest absolute Gasteiger partial charge is 0.380 e. The van der Waals surface area contributed by atoms with Crippen molar-refractivity contribution in [3.8, 4) is 0 Å². The highest BCUT2D eigenvalue weighted by molar-refractivity contribution is 4.91. The lowest BCUT2D eigenvalue weighted by Crippen LogP contribution is -2.54. The van der Waals surface area contributed by atoms with Crippen LogP contribution in [0.25, 0.3) is 0 Å². The molecule has 0 aromatic rings. The molecule has 0 spiro atoms. The molecule has 0 radical (unpaired) electrons. The predicted molar refractivity (Wildman–Crippen MR) is 66.6 cm³/mol. The topological polar surface area (TPSA) is 24.5 Å². The van der Waals surface area contributed by atoms with Crippen molar-refractivity contribution >= 4 is 0 Å². The molecule has 1 N–H and O–H groups in total. The van der Waals surface area contributed by atoms with E-state index in [2.05, 4.69) is 31.0 Å². The van der Waals surface area contributed by atoms with Crippen LogP contribution in [0.5, 0.6) is 0 Å². The van der Waals surface area contributed by atoms with E-state index >= 15 is 0 Å². The highest BCUT2D eigenvalue weighted by Gasteiger charge is 2.36. The zero-order valence-corrected chi connectivity index (χ0v) is 10.9. The average Bonchev–Trinajstić information content (AvgIpc) is 2.60. The monoisotopic (exact) mass is 226 g/mol. The van der Waals surface area contributed by atoms with E-state index in [0.29, 0.717) is 12.1 Å². The number of likely N-dealkylation sites (N-methyl/N-ethyl adjacent to an activating group) is 1. The molecule has 4 unspecified atom stereocenters. The minimum absolute atomic E-state index is 0.598. The van der Waals surface area contributed by atoms with E-state index < -0.39 is 0 Å². The fourth-order valence-electron chi connectivity index (χ4n) is 3.03. The number of rotatable bonds is 3. The number of hydrogen-bond acceptors (Lipinski definition) is 3. The Morgan fingerprint density at radius 2 is 1.94 bits per heavy atom. The summed E-state index contributed by atoms with van der Waals surface area (Å²) < 4.78 is 5.66. The van der Waals surface area contributed by atoms with Gasteiger partial charge < -0.3 is 10.1 Å². The van der Waals surface area contributed by atoms with E-state index in [0.717, 1.165) is 38.0 Å². The number of ether oxygens (including phenoxy) is 1. The summed E-state index contributed by atoms with van der Waals surface area (Å²) in [6, 6.07) is 1.23. The lowest BCUT2D eigenvalue weighted by atomic mass is 10.0. The molecule has 2 aliphatic rings. The Balaban J connectivity index is 1.95. The van der Waals surface area contributed by atoms with Gasteiger partial charge in [-0.05, 0) is 24.8 Å². The summed E-state index contributed by atoms with van der Waals surface area (Å²) in [6.07, 6.45) is 1.16. The van der Waals surface area contributed by atoms with E-state index in [1.54, 1.807) is 0 Å². The molecular formula is C13H26N2O. The Morgan fingerprint density at radius 3 is 2.56 bits per heavy atom. The van der Waals surface area contributed by atoms with Crippen molar-refractivity contribution in [1.29, 1.82) is 0 Å². The third-order valence-electron chi connectivity index (χ3n) is 4.28. The second-order valence-electron chi connectivity index (χ2n) is 5.50. The van der Waals surface area contributed by atoms with Gasteiger partial charge in [-0.25, -0.2) is 0 Å². The summed E-state index contributed by atoms with van der Waals surface area (Å²) in [6.45, 7) is 12.3. The molecule has 2 heterocycles. The molecule has 0 aliphatic carbocycles. The van der Waals surface area contributed by atoms with Crippen LogP contribution in [0.1, 0.15) is 27.2 Å². The Kier molecular flexibility index (Phi) is 4.22. The first-order valence-electron chi connectivity index (χ1n) is 6.77. The number of hydrogen-bond donors (Lipinski definition) is 1. The van der Waals surface area contributed by atoms with Gasteiger partial charge in [0, 0.05) is 31.8 Å². The third-order valence-corrected chi connectivity index (χ3v) is 4.28. The van der Waals surface area contributed by atoms with E-state index in [9.17, 15) is 0 Å². The Morgan fingerprint density at radius 1 is 1.25 bits per heavy atom. The van der Waals surface area contributed by atoms with Gasteiger partial charge in [0.2, 0.25) is 0 Å². The van der Waals surface area contributed by atoms with E-state index in [1.807, 2.05) is 0 Å². The van der Waals surface area contributed by atoms with Crippen LogP contribution in [-0.2, 0) is 4.74 Å². The van der Waals surface area contributed by atoms with Crippen molar-refractivity contribution in [2.45, 2.75) is 39.3 Å². The summed E-state index contributed by atoms with van der Waals surface area (Å²) in [5.41, 5.74) is 0. The van der Waals surface area contributed by atoms with Crippen LogP contribution in [0.15, 0.2) is 0 Å². The molecule has 3 heteroatoms. The maximum absolute atomic E-state index is 5.66. The summed E-state index contributed by atoms with van der Waals surface area (Å²) in [5, 5.41) is 3.62. The van der Waals surface area contributed by atoms with Crippen molar-refractivity contribution in [1.82, 2.24) is 10.2 Å². The third kappa shape index (κ3) is 2.58. The van der Waals surface area contributed by atoms with Crippen LogP contribution in [-0.4, -0.2) is 49.8 Å². The van der Waals surface area contributed by atoms with Crippen LogP contribution in [0.2, 0.25) is 0 Å². The number of likely N-dealkylation sites (tertiary alicyclic amines) is 1. The van der Waals surface area contributed by atoms with Crippen molar-refractivity contribution in [3.63, 3.8) is 0 Å². The minimum atomic E-state index is 0.598. The molecule has 2 rings (SSSR count). The van der Waals surface area contributed by atoms with Gasteiger partial charge in [-0.15, -0.1) is 0 Å². The summed E-state index contributed by atoms with van der Waals surface area (Å²) in [7, 11) is 0. The molecule has 0 aromatic heterocycles. The van der Waals surface area contributed by atoms with E-state index in [1.165, 1.54) is 13.1 Å². The summed E-state index contributed by atoms with van der Waals surface area (Å²) >= 11 is 0. The summed E-state index contributed by atoms with van der Waals surface area (Å²) in [5.74, 6) is 1.67. The maximum atomic E-state index is 5.66. The van der Waals surface area contributed by atoms with E-state index in [-0.39, 0.29) is 0 Å². The van der Waals surface area contributed by atoms with Crippen molar-refractivity contribution in [3.05, 3.63) is 0 Å². The van der Waals surface area contributed by atoms with Crippen molar-refractivity contribution in [2.75, 3.05) is 32.8 Å². The van der Waals surface area contributed by atoms with Gasteiger partial charge >= 0.3 is 0 Å². The molecule has 0 amide bonds. The van der Waals surface area contributed by atoms with Gasteiger partial charge in [-0.1, -0.05) is 20.8 Å². The first-order valence-corrected chi connectivity index (χ1v) is 6.77. The molecule has 3 nitrogen and oxygen atoms in total. The fourth-order valence-corrected chi connectivity index (χ4v) is 3.03. The molecule has 0 bridgehead atoms. The van der Waals surface area contributed by atoms with Crippen LogP contribution in [0.3, 0.4) is 0 Å². The normalized spacial score (nSPS) is 41.4. The minimum Gasteiger partial charge on any atom is -0.380 e. The standard InChI is InChI=1S/C13H26N2O/c1-4-14-12-5-6-16-9-13(12)15-7-10(2)11(3)8-15/h10-14H,4-9H2,1-3H3. The molecule has 16 heavy (non-hydrogen) atoms. The Labute approximate surface area is 99.5 Å². The lowest BCUT2D eigenvalue weighted by molar-refractivity contribution is 0.00385. The van der Waals surface area contributed by atoms with Crippen LogP contribution in [0, 0.1) is 11.8 Å². The van der Waals surface area contributed by atoms with Gasteiger partial charge in [0.05, 0.1) is 6.61 Å². The highest BCUT2D eigenvalue weighted by atomic mass is 16.5. The first kappa shape index (κ1) is 12.3. The zero-order chi connectivity index (χ0) is 11.5. The van der Waals surface area contributed by atoms with Gasteiger partial charge in [0.1, 0.15) is 0 Å². The van der Waals surface area contributed by atoms with Crippen molar-refractivity contribution in [2.24, 2.45) is 11.8 Å². The Hall–Kier alpha value is -0.120. The zero-order valence-electron chi connectivity index (χ0n) is 10.9. The predicted octanol–water partition coefficient (Wildman–Crippen LogP) is 1.34. The number of nitrogens with zero attached hydrogens (tertiary/aromatic N) is 1. The molecule has 2 saturated heterocycles. The van der Waals surface area contributed by atoms with Gasteiger partial charge in [0.15, 0.2) is 0 Å². The molecular weight excluding hydrogens is 200 g/mol. The molecule has 0 aromatic carbocycles. The summed E-state index contributed by atoms with van der Waals surface area (Å²) in [4.78, 5) is 2.64. The molecule has 2 aliphatic heterocycles. The molecule has 2 fully saturated rings. The van der Waals surface area contributed by atoms with Gasteiger partial charge in [-0.2, -0.15) is 0 Å². The molecule has 4 atom stereocenters. The Bertz CT molecular complexity index is 210. The smallest absolute Gasteiger partial charge is 0.0637 e. The highest BCUT2D eigenvalue weighted by Crippen LogP contribution is 2.26. The maximum Gasteiger partial charge on any atom is 0.0637 e. The van der Waals surface area contributed by atoms with Crippen molar-refractivity contribution < 1.29 is 4.74 Å². The molecule has 0 saturated carbocycles. The second-order valence-corrected chi connectivity index (χ2v) is 5.50. The average molecular weight is 226 g/mol. The lowest BCUT2D eigenvalue weighted by Gasteiger charge is -2.38. The van der Waals surface area contributed by atoms with Gasteiger partial charge in [-0.3, -0.25) is 4.90 Å². The fraction of sp³-hybridized carbons (Fsp3) is 1.00. The van der Waals surface area contributed by atoms with Crippen LogP contribution in [0.4, 0.5) is 0 Å². The van der Waals surface area contributed by atoms with Crippen LogP contribution < -0.4 is 5.32 Å². The SMILES string of the molecule is CCNC1CCOCC1N1CC(C)C(C)C1. The quantitative estimate of drug-likeness (QED) is 0.786.